The third kappa shape index (κ3) is 7.49. The fourth-order valence-electron chi connectivity index (χ4n) is 1.99. The molecule has 0 saturated carbocycles. The summed E-state index contributed by atoms with van der Waals surface area (Å²) >= 11 is 9.19. The summed E-state index contributed by atoms with van der Waals surface area (Å²) < 4.78 is 0.945. The minimum absolute atomic E-state index is 0.127. The van der Waals surface area contributed by atoms with Crippen LogP contribution < -0.4 is 10.7 Å². The van der Waals surface area contributed by atoms with Gasteiger partial charge in [-0.05, 0) is 48.4 Å². The zero-order chi connectivity index (χ0) is 18.1. The third-order valence-corrected chi connectivity index (χ3v) is 3.95. The summed E-state index contributed by atoms with van der Waals surface area (Å²) in [5, 5.41) is 7.25. The topological polar surface area (TPSA) is 70.6 Å². The first kappa shape index (κ1) is 19.1. The molecule has 2 aromatic rings. The Hall–Kier alpha value is -2.18. The van der Waals surface area contributed by atoms with E-state index in [1.54, 1.807) is 30.3 Å². The highest BCUT2D eigenvalue weighted by molar-refractivity contribution is 9.10. The molecule has 7 heteroatoms. The van der Waals surface area contributed by atoms with Gasteiger partial charge in [-0.25, -0.2) is 5.43 Å². The number of nitrogens with zero attached hydrogens (tertiary/aromatic N) is 1. The molecule has 0 aromatic heterocycles. The summed E-state index contributed by atoms with van der Waals surface area (Å²) in [6.07, 6.45) is 2.45. The molecule has 0 saturated heterocycles. The minimum Gasteiger partial charge on any atom is -0.326 e. The summed E-state index contributed by atoms with van der Waals surface area (Å²) in [5.41, 5.74) is 3.95. The van der Waals surface area contributed by atoms with Crippen molar-refractivity contribution in [3.05, 3.63) is 63.6 Å². The van der Waals surface area contributed by atoms with Crippen molar-refractivity contribution in [1.82, 2.24) is 5.43 Å². The summed E-state index contributed by atoms with van der Waals surface area (Å²) in [6, 6.07) is 14.4. The van der Waals surface area contributed by atoms with Crippen molar-refractivity contribution in [3.8, 4) is 0 Å². The van der Waals surface area contributed by atoms with Crippen molar-refractivity contribution in [2.75, 3.05) is 5.32 Å². The number of carbonyl (C=O) groups excluding carboxylic acids is 2. The van der Waals surface area contributed by atoms with Crippen LogP contribution in [0.15, 0.2) is 58.1 Å². The second kappa shape index (κ2) is 9.96. The average Bonchev–Trinajstić information content (AvgIpc) is 2.57. The molecule has 0 aliphatic rings. The highest BCUT2D eigenvalue weighted by atomic mass is 79.9. The molecule has 2 N–H and O–H groups in total. The van der Waals surface area contributed by atoms with Gasteiger partial charge < -0.3 is 5.32 Å². The van der Waals surface area contributed by atoms with Gasteiger partial charge in [0.05, 0.1) is 6.21 Å². The first-order valence-electron chi connectivity index (χ1n) is 7.66. The van der Waals surface area contributed by atoms with Crippen LogP contribution in [0, 0.1) is 0 Å². The number of hydrazone groups is 1. The lowest BCUT2D eigenvalue weighted by molar-refractivity contribution is -0.121. The Labute approximate surface area is 159 Å². The maximum absolute atomic E-state index is 11.8. The summed E-state index contributed by atoms with van der Waals surface area (Å²) in [4.78, 5) is 23.5. The van der Waals surface area contributed by atoms with E-state index in [4.69, 9.17) is 11.6 Å². The Balaban J connectivity index is 1.66. The molecule has 0 spiro atoms. The van der Waals surface area contributed by atoms with Crippen LogP contribution in [-0.4, -0.2) is 18.0 Å². The molecule has 2 amide bonds. The minimum atomic E-state index is -0.241. The third-order valence-electron chi connectivity index (χ3n) is 3.19. The monoisotopic (exact) mass is 421 g/mol. The van der Waals surface area contributed by atoms with E-state index < -0.39 is 0 Å². The lowest BCUT2D eigenvalue weighted by atomic mass is 10.2. The molecule has 0 unspecified atom stereocenters. The Morgan fingerprint density at radius 1 is 1.08 bits per heavy atom. The molecule has 0 aliphatic carbocycles. The Morgan fingerprint density at radius 2 is 1.80 bits per heavy atom. The molecular weight excluding hydrogens is 406 g/mol. The molecule has 0 atom stereocenters. The van der Waals surface area contributed by atoms with Gasteiger partial charge >= 0.3 is 0 Å². The summed E-state index contributed by atoms with van der Waals surface area (Å²) in [6.45, 7) is 0. The van der Waals surface area contributed by atoms with E-state index in [0.29, 0.717) is 11.4 Å². The van der Waals surface area contributed by atoms with E-state index in [1.165, 1.54) is 6.21 Å². The predicted molar refractivity (Wildman–Crippen MR) is 104 cm³/mol. The van der Waals surface area contributed by atoms with Gasteiger partial charge in [0.2, 0.25) is 11.8 Å². The first-order valence-corrected chi connectivity index (χ1v) is 8.83. The van der Waals surface area contributed by atoms with Crippen molar-refractivity contribution in [2.24, 2.45) is 5.10 Å². The Morgan fingerprint density at radius 3 is 2.52 bits per heavy atom. The number of benzene rings is 2. The van der Waals surface area contributed by atoms with E-state index in [1.807, 2.05) is 18.2 Å². The average molecular weight is 423 g/mol. The Bertz CT molecular complexity index is 763. The lowest BCUT2D eigenvalue weighted by Gasteiger charge is -2.05. The van der Waals surface area contributed by atoms with Crippen molar-refractivity contribution < 1.29 is 9.59 Å². The van der Waals surface area contributed by atoms with Gasteiger partial charge in [0.1, 0.15) is 0 Å². The molecule has 0 fully saturated rings. The predicted octanol–water partition coefficient (Wildman–Crippen LogP) is 4.36. The number of hydrogen-bond acceptors (Lipinski definition) is 3. The van der Waals surface area contributed by atoms with Gasteiger partial charge in [0, 0.05) is 28.0 Å². The smallest absolute Gasteiger partial charge is 0.240 e. The summed E-state index contributed by atoms with van der Waals surface area (Å²) in [7, 11) is 0. The molecule has 0 heterocycles. The molecule has 25 heavy (non-hydrogen) atoms. The van der Waals surface area contributed by atoms with Crippen LogP contribution in [0.5, 0.6) is 0 Å². The lowest BCUT2D eigenvalue weighted by Crippen LogP contribution is -2.18. The van der Waals surface area contributed by atoms with Gasteiger partial charge in [-0.1, -0.05) is 39.7 Å². The van der Waals surface area contributed by atoms with E-state index in [0.717, 1.165) is 15.7 Å². The number of amides is 2. The summed E-state index contributed by atoms with van der Waals surface area (Å²) in [5.74, 6) is -0.368. The van der Waals surface area contributed by atoms with Crippen molar-refractivity contribution >= 4 is 51.2 Å². The fraction of sp³-hybridized carbons (Fsp3) is 0.167. The van der Waals surface area contributed by atoms with E-state index in [9.17, 15) is 9.59 Å². The van der Waals surface area contributed by atoms with Crippen LogP contribution in [0.3, 0.4) is 0 Å². The molecule has 130 valence electrons. The van der Waals surface area contributed by atoms with E-state index in [2.05, 4.69) is 31.8 Å². The molecule has 2 aromatic carbocycles. The van der Waals surface area contributed by atoms with Crippen LogP contribution in [0.4, 0.5) is 5.69 Å². The maximum atomic E-state index is 11.8. The second-order valence-corrected chi connectivity index (χ2v) is 6.61. The van der Waals surface area contributed by atoms with Gasteiger partial charge in [0.25, 0.3) is 0 Å². The van der Waals surface area contributed by atoms with Crippen molar-refractivity contribution in [2.45, 2.75) is 19.3 Å². The number of halogens is 2. The number of carbonyl (C=O) groups is 2. The van der Waals surface area contributed by atoms with Gasteiger partial charge in [-0.2, -0.15) is 5.10 Å². The van der Waals surface area contributed by atoms with Crippen LogP contribution in [-0.2, 0) is 9.59 Å². The van der Waals surface area contributed by atoms with Crippen molar-refractivity contribution in [1.29, 1.82) is 0 Å². The molecule has 5 nitrogen and oxygen atoms in total. The molecular formula is C18H17BrClN3O2. The largest absolute Gasteiger partial charge is 0.326 e. The molecule has 0 radical (unpaired) electrons. The maximum Gasteiger partial charge on any atom is 0.240 e. The number of anilines is 1. The van der Waals surface area contributed by atoms with Crippen LogP contribution in [0.1, 0.15) is 24.8 Å². The number of hydrogen-bond donors (Lipinski definition) is 2. The molecule has 0 aliphatic heterocycles. The highest BCUT2D eigenvalue weighted by Gasteiger charge is 2.05. The van der Waals surface area contributed by atoms with Crippen LogP contribution >= 0.6 is 27.5 Å². The van der Waals surface area contributed by atoms with Crippen LogP contribution in [0.2, 0.25) is 5.02 Å². The van der Waals surface area contributed by atoms with Gasteiger partial charge in [-0.3, -0.25) is 9.59 Å². The zero-order valence-corrected chi connectivity index (χ0v) is 15.7. The van der Waals surface area contributed by atoms with Gasteiger partial charge in [0.15, 0.2) is 0 Å². The standard InChI is InChI=1S/C18H17BrClN3O2/c19-14-7-9-16(10-8-14)22-17(24)5-2-6-18(25)23-21-12-13-3-1-4-15(20)11-13/h1,3-4,7-12H,2,5-6H2,(H,22,24)(H,23,25). The van der Waals surface area contributed by atoms with Crippen molar-refractivity contribution in [3.63, 3.8) is 0 Å². The zero-order valence-electron chi connectivity index (χ0n) is 13.3. The fourth-order valence-corrected chi connectivity index (χ4v) is 2.45. The SMILES string of the molecule is O=C(CCCC(=O)Nc1ccc(Br)cc1)NN=Cc1cccc(Cl)c1. The first-order chi connectivity index (χ1) is 12.0. The highest BCUT2D eigenvalue weighted by Crippen LogP contribution is 2.14. The molecule has 0 bridgehead atoms. The number of nitrogens with one attached hydrogen (secondary N) is 2. The van der Waals surface area contributed by atoms with Crippen LogP contribution in [0.25, 0.3) is 0 Å². The Kier molecular flexibility index (Phi) is 7.63. The number of rotatable bonds is 7. The molecule has 2 rings (SSSR count). The quantitative estimate of drug-likeness (QED) is 0.514. The van der Waals surface area contributed by atoms with Gasteiger partial charge in [-0.15, -0.1) is 0 Å². The normalized spacial score (nSPS) is 10.6. The second-order valence-electron chi connectivity index (χ2n) is 5.26. The van der Waals surface area contributed by atoms with E-state index in [-0.39, 0.29) is 24.7 Å². The van der Waals surface area contributed by atoms with E-state index >= 15 is 0 Å².